The first-order valence-electron chi connectivity index (χ1n) is 7.18. The lowest BCUT2D eigenvalue weighted by atomic mass is 10.1. The number of hydrogen-bond donors (Lipinski definition) is 1. The molecule has 1 N–H and O–H groups in total. The number of amides is 1. The SMILES string of the molecule is N#C/C(=C\c1ccc(C(=O)[O-])cc1)C(=O)Nc1ccc(SC(F)F)cc1. The zero-order valence-corrected chi connectivity index (χ0v) is 13.9. The second-order valence-corrected chi connectivity index (χ2v) is 6.00. The number of anilines is 1. The maximum Gasteiger partial charge on any atom is 0.288 e. The summed E-state index contributed by atoms with van der Waals surface area (Å²) in [5, 5.41) is 22.3. The van der Waals surface area contributed by atoms with Gasteiger partial charge in [-0.1, -0.05) is 36.0 Å². The van der Waals surface area contributed by atoms with Gasteiger partial charge in [0.25, 0.3) is 11.7 Å². The summed E-state index contributed by atoms with van der Waals surface area (Å²) in [7, 11) is 0. The van der Waals surface area contributed by atoms with Crippen LogP contribution in [0.25, 0.3) is 6.08 Å². The summed E-state index contributed by atoms with van der Waals surface area (Å²) in [4.78, 5) is 23.2. The van der Waals surface area contributed by atoms with Crippen LogP contribution in [0.1, 0.15) is 15.9 Å². The summed E-state index contributed by atoms with van der Waals surface area (Å²) in [5.74, 6) is -4.54. The van der Waals surface area contributed by atoms with Crippen molar-refractivity contribution >= 4 is 35.4 Å². The number of nitrogens with zero attached hydrogens (tertiary/aromatic N) is 1. The van der Waals surface area contributed by atoms with E-state index in [1.54, 1.807) is 6.07 Å². The maximum atomic E-state index is 12.3. The van der Waals surface area contributed by atoms with Gasteiger partial charge in [-0.25, -0.2) is 0 Å². The summed E-state index contributed by atoms with van der Waals surface area (Å²) >= 11 is 0.386. The fraction of sp³-hybridized carbons (Fsp3) is 0.0556. The molecule has 0 heterocycles. The number of thioether (sulfide) groups is 1. The molecule has 0 spiro atoms. The second-order valence-electron chi connectivity index (χ2n) is 4.94. The average molecular weight is 373 g/mol. The van der Waals surface area contributed by atoms with Crippen molar-refractivity contribution in [1.29, 1.82) is 5.26 Å². The summed E-state index contributed by atoms with van der Waals surface area (Å²) in [6.07, 6.45) is 1.30. The first-order chi connectivity index (χ1) is 12.4. The lowest BCUT2D eigenvalue weighted by molar-refractivity contribution is -0.255. The van der Waals surface area contributed by atoms with E-state index in [1.807, 2.05) is 0 Å². The Labute approximate surface area is 152 Å². The Morgan fingerprint density at radius 3 is 2.23 bits per heavy atom. The van der Waals surface area contributed by atoms with E-state index in [0.29, 0.717) is 27.9 Å². The normalized spacial score (nSPS) is 11.1. The predicted molar refractivity (Wildman–Crippen MR) is 91.3 cm³/mol. The smallest absolute Gasteiger partial charge is 0.288 e. The van der Waals surface area contributed by atoms with Crippen molar-refractivity contribution < 1.29 is 23.5 Å². The molecule has 0 radical (unpaired) electrons. The third-order valence-corrected chi connectivity index (χ3v) is 3.88. The number of benzene rings is 2. The number of alkyl halides is 2. The van der Waals surface area contributed by atoms with Gasteiger partial charge in [-0.3, -0.25) is 4.79 Å². The van der Waals surface area contributed by atoms with Gasteiger partial charge in [0.2, 0.25) is 0 Å². The van der Waals surface area contributed by atoms with Crippen molar-refractivity contribution in [3.63, 3.8) is 0 Å². The summed E-state index contributed by atoms with van der Waals surface area (Å²) < 4.78 is 24.5. The van der Waals surface area contributed by atoms with E-state index in [-0.39, 0.29) is 11.1 Å². The Hall–Kier alpha value is -3.18. The largest absolute Gasteiger partial charge is 0.545 e. The number of carbonyl (C=O) groups excluding carboxylic acids is 2. The minimum absolute atomic E-state index is 0.0214. The molecule has 132 valence electrons. The predicted octanol–water partition coefficient (Wildman–Crippen LogP) is 2.91. The molecule has 26 heavy (non-hydrogen) atoms. The minimum Gasteiger partial charge on any atom is -0.545 e. The summed E-state index contributed by atoms with van der Waals surface area (Å²) in [5.41, 5.74) is 0.594. The average Bonchev–Trinajstić information content (AvgIpc) is 2.61. The molecule has 0 aliphatic heterocycles. The Balaban J connectivity index is 2.10. The van der Waals surface area contributed by atoms with E-state index in [9.17, 15) is 23.5 Å². The Kier molecular flexibility index (Phi) is 6.47. The molecular formula is C18H11F2N2O3S-. The standard InChI is InChI=1S/C18H12F2N2O3S/c19-18(20)26-15-7-5-14(6-8-15)22-16(23)13(10-21)9-11-1-3-12(4-2-11)17(24)25/h1-9,18H,(H,22,23)(H,24,25)/p-1/b13-9+. The van der Waals surface area contributed by atoms with Gasteiger partial charge >= 0.3 is 0 Å². The topological polar surface area (TPSA) is 93.0 Å². The number of hydrogen-bond acceptors (Lipinski definition) is 5. The monoisotopic (exact) mass is 373 g/mol. The molecule has 0 aliphatic carbocycles. The van der Waals surface area contributed by atoms with Crippen molar-refractivity contribution in [2.75, 3.05) is 5.32 Å². The van der Waals surface area contributed by atoms with E-state index >= 15 is 0 Å². The van der Waals surface area contributed by atoms with Gasteiger partial charge in [0.1, 0.15) is 11.6 Å². The highest BCUT2D eigenvalue weighted by Crippen LogP contribution is 2.26. The molecular weight excluding hydrogens is 362 g/mol. The number of nitrogens with one attached hydrogen (secondary N) is 1. The van der Waals surface area contributed by atoms with Crippen molar-refractivity contribution in [3.05, 3.63) is 65.2 Å². The molecule has 0 saturated heterocycles. The van der Waals surface area contributed by atoms with Crippen LogP contribution < -0.4 is 10.4 Å². The van der Waals surface area contributed by atoms with Gasteiger partial charge in [0, 0.05) is 10.6 Å². The number of nitriles is 1. The fourth-order valence-corrected chi connectivity index (χ4v) is 2.45. The Morgan fingerprint density at radius 2 is 1.73 bits per heavy atom. The number of carboxylic acids is 1. The molecule has 1 amide bonds. The molecule has 0 saturated carbocycles. The van der Waals surface area contributed by atoms with Crippen LogP contribution in [0, 0.1) is 11.3 Å². The van der Waals surface area contributed by atoms with Crippen molar-refractivity contribution in [2.45, 2.75) is 10.7 Å². The molecule has 0 atom stereocenters. The van der Waals surface area contributed by atoms with E-state index in [2.05, 4.69) is 5.32 Å². The molecule has 0 aliphatic rings. The summed E-state index contributed by atoms with van der Waals surface area (Å²) in [6.45, 7) is 0. The van der Waals surface area contributed by atoms with Gasteiger partial charge in [-0.2, -0.15) is 14.0 Å². The van der Waals surface area contributed by atoms with Gasteiger partial charge in [-0.05, 0) is 41.5 Å². The number of aromatic carboxylic acids is 1. The molecule has 0 unspecified atom stereocenters. The quantitative estimate of drug-likeness (QED) is 0.477. The fourth-order valence-electron chi connectivity index (χ4n) is 1.95. The molecule has 2 aromatic carbocycles. The lowest BCUT2D eigenvalue weighted by Crippen LogP contribution is -2.21. The Morgan fingerprint density at radius 1 is 1.12 bits per heavy atom. The van der Waals surface area contributed by atoms with Crippen molar-refractivity contribution in [3.8, 4) is 6.07 Å². The van der Waals surface area contributed by atoms with Crippen molar-refractivity contribution in [1.82, 2.24) is 0 Å². The molecule has 0 bridgehead atoms. The van der Waals surface area contributed by atoms with Crippen LogP contribution in [0.5, 0.6) is 0 Å². The van der Waals surface area contributed by atoms with Gasteiger partial charge in [-0.15, -0.1) is 0 Å². The van der Waals surface area contributed by atoms with Gasteiger partial charge in [0.05, 0.1) is 5.97 Å². The van der Waals surface area contributed by atoms with E-state index < -0.39 is 17.6 Å². The third kappa shape index (κ3) is 5.43. The van der Waals surface area contributed by atoms with E-state index in [1.165, 1.54) is 54.6 Å². The number of rotatable bonds is 6. The molecule has 0 aromatic heterocycles. The zero-order valence-electron chi connectivity index (χ0n) is 13.1. The molecule has 2 aromatic rings. The van der Waals surface area contributed by atoms with Gasteiger partial charge in [0.15, 0.2) is 0 Å². The molecule has 5 nitrogen and oxygen atoms in total. The van der Waals surface area contributed by atoms with Gasteiger partial charge < -0.3 is 15.2 Å². The van der Waals surface area contributed by atoms with E-state index in [0.717, 1.165) is 0 Å². The minimum atomic E-state index is -2.54. The van der Waals surface area contributed by atoms with Crippen LogP contribution in [0.15, 0.2) is 59.0 Å². The zero-order chi connectivity index (χ0) is 19.1. The number of carbonyl (C=O) groups is 2. The highest BCUT2D eigenvalue weighted by atomic mass is 32.2. The highest BCUT2D eigenvalue weighted by Gasteiger charge is 2.10. The summed E-state index contributed by atoms with van der Waals surface area (Å²) in [6, 6.07) is 13.0. The Bertz CT molecular complexity index is 873. The first-order valence-corrected chi connectivity index (χ1v) is 8.06. The van der Waals surface area contributed by atoms with Crippen LogP contribution >= 0.6 is 11.8 Å². The first kappa shape index (κ1) is 19.1. The number of halogens is 2. The van der Waals surface area contributed by atoms with Crippen molar-refractivity contribution in [2.24, 2.45) is 0 Å². The number of carboxylic acid groups (broad SMARTS) is 1. The van der Waals surface area contributed by atoms with Crippen LogP contribution in [-0.4, -0.2) is 17.6 Å². The molecule has 8 heteroatoms. The van der Waals surface area contributed by atoms with Crippen LogP contribution in [0.3, 0.4) is 0 Å². The molecule has 2 rings (SSSR count). The second kappa shape index (κ2) is 8.78. The lowest BCUT2D eigenvalue weighted by Gasteiger charge is -2.06. The third-order valence-electron chi connectivity index (χ3n) is 3.16. The van der Waals surface area contributed by atoms with E-state index in [4.69, 9.17) is 5.26 Å². The van der Waals surface area contributed by atoms with Crippen LogP contribution in [0.4, 0.5) is 14.5 Å². The van der Waals surface area contributed by atoms with Crippen LogP contribution in [-0.2, 0) is 4.79 Å². The maximum absolute atomic E-state index is 12.3. The highest BCUT2D eigenvalue weighted by molar-refractivity contribution is 7.99. The molecule has 0 fully saturated rings. The van der Waals surface area contributed by atoms with Crippen LogP contribution in [0.2, 0.25) is 0 Å².